The highest BCUT2D eigenvalue weighted by Gasteiger charge is 2.16. The zero-order chi connectivity index (χ0) is 20.6. The van der Waals surface area contributed by atoms with Crippen molar-refractivity contribution in [3.63, 3.8) is 0 Å². The van der Waals surface area contributed by atoms with Gasteiger partial charge in [-0.2, -0.15) is 5.10 Å². The fourth-order valence-electron chi connectivity index (χ4n) is 3.04. The second-order valence-corrected chi connectivity index (χ2v) is 7.34. The van der Waals surface area contributed by atoms with E-state index in [0.717, 1.165) is 31.5 Å². The maximum Gasteiger partial charge on any atom is 0.271 e. The van der Waals surface area contributed by atoms with Crippen LogP contribution in [0.2, 0.25) is 5.02 Å². The minimum absolute atomic E-state index is 0.0245. The molecule has 1 saturated heterocycles. The van der Waals surface area contributed by atoms with E-state index in [4.69, 9.17) is 16.3 Å². The smallest absolute Gasteiger partial charge is 0.271 e. The summed E-state index contributed by atoms with van der Waals surface area (Å²) >= 11 is 5.83. The molecule has 7 heteroatoms. The summed E-state index contributed by atoms with van der Waals surface area (Å²) in [6, 6.07) is 13.9. The van der Waals surface area contributed by atoms with Crippen LogP contribution in [-0.4, -0.2) is 42.1 Å². The SMILES string of the molecule is C/C(=N/NC(=O)c1ccc(Cl)cc1)c1ccc(OCC(=O)N2CCCCC2)cc1. The zero-order valence-electron chi connectivity index (χ0n) is 16.4. The van der Waals surface area contributed by atoms with E-state index in [2.05, 4.69) is 10.5 Å². The first-order valence-corrected chi connectivity index (χ1v) is 10.0. The average Bonchev–Trinajstić information content (AvgIpc) is 2.77. The quantitative estimate of drug-likeness (QED) is 0.577. The van der Waals surface area contributed by atoms with Gasteiger partial charge >= 0.3 is 0 Å². The minimum Gasteiger partial charge on any atom is -0.484 e. The van der Waals surface area contributed by atoms with Crippen molar-refractivity contribution in [2.75, 3.05) is 19.7 Å². The predicted molar refractivity (Wildman–Crippen MR) is 113 cm³/mol. The number of carbonyl (C=O) groups is 2. The van der Waals surface area contributed by atoms with E-state index in [0.29, 0.717) is 22.0 Å². The monoisotopic (exact) mass is 413 g/mol. The number of ether oxygens (including phenoxy) is 1. The second-order valence-electron chi connectivity index (χ2n) is 6.90. The number of piperidine rings is 1. The molecule has 3 rings (SSSR count). The Morgan fingerprint density at radius 2 is 1.62 bits per heavy atom. The van der Waals surface area contributed by atoms with E-state index in [1.807, 2.05) is 17.0 Å². The van der Waals surface area contributed by atoms with Crippen LogP contribution in [-0.2, 0) is 4.79 Å². The highest BCUT2D eigenvalue weighted by molar-refractivity contribution is 6.30. The van der Waals surface area contributed by atoms with Gasteiger partial charge in [0.05, 0.1) is 5.71 Å². The molecule has 152 valence electrons. The third-order valence-corrected chi connectivity index (χ3v) is 5.03. The predicted octanol–water partition coefficient (Wildman–Crippen LogP) is 3.89. The largest absolute Gasteiger partial charge is 0.484 e. The number of halogens is 1. The van der Waals surface area contributed by atoms with Crippen molar-refractivity contribution in [2.24, 2.45) is 5.10 Å². The molecule has 0 atom stereocenters. The first-order chi connectivity index (χ1) is 14.0. The molecule has 6 nitrogen and oxygen atoms in total. The number of carbonyl (C=O) groups excluding carboxylic acids is 2. The number of hydrogen-bond acceptors (Lipinski definition) is 4. The zero-order valence-corrected chi connectivity index (χ0v) is 17.1. The molecule has 0 aromatic heterocycles. The molecule has 2 aromatic carbocycles. The Bertz CT molecular complexity index is 873. The highest BCUT2D eigenvalue weighted by Crippen LogP contribution is 2.14. The maximum atomic E-state index is 12.2. The molecule has 29 heavy (non-hydrogen) atoms. The minimum atomic E-state index is -0.308. The molecule has 0 unspecified atom stereocenters. The summed E-state index contributed by atoms with van der Waals surface area (Å²) in [5, 5.41) is 4.71. The van der Waals surface area contributed by atoms with Crippen LogP contribution < -0.4 is 10.2 Å². The van der Waals surface area contributed by atoms with Crippen molar-refractivity contribution in [2.45, 2.75) is 26.2 Å². The first kappa shape index (κ1) is 20.9. The van der Waals surface area contributed by atoms with Crippen molar-refractivity contribution in [1.29, 1.82) is 0 Å². The van der Waals surface area contributed by atoms with Crippen LogP contribution in [0.1, 0.15) is 42.1 Å². The normalized spacial score (nSPS) is 14.4. The average molecular weight is 414 g/mol. The van der Waals surface area contributed by atoms with Gasteiger partial charge < -0.3 is 9.64 Å². The Morgan fingerprint density at radius 1 is 1.00 bits per heavy atom. The van der Waals surface area contributed by atoms with Gasteiger partial charge in [0, 0.05) is 23.7 Å². The Morgan fingerprint density at radius 3 is 2.28 bits per heavy atom. The highest BCUT2D eigenvalue weighted by atomic mass is 35.5. The van der Waals surface area contributed by atoms with Crippen molar-refractivity contribution in [3.8, 4) is 5.75 Å². The van der Waals surface area contributed by atoms with E-state index in [1.54, 1.807) is 43.3 Å². The van der Waals surface area contributed by atoms with Gasteiger partial charge in [0.2, 0.25) is 0 Å². The van der Waals surface area contributed by atoms with Crippen molar-refractivity contribution in [1.82, 2.24) is 10.3 Å². The molecule has 1 aliphatic rings. The van der Waals surface area contributed by atoms with Crippen molar-refractivity contribution >= 4 is 29.1 Å². The van der Waals surface area contributed by atoms with Crippen LogP contribution in [0.4, 0.5) is 0 Å². The van der Waals surface area contributed by atoms with Gasteiger partial charge in [-0.3, -0.25) is 9.59 Å². The van der Waals surface area contributed by atoms with Crippen LogP contribution in [0, 0.1) is 0 Å². The van der Waals surface area contributed by atoms with Gasteiger partial charge in [0.1, 0.15) is 5.75 Å². The summed E-state index contributed by atoms with van der Waals surface area (Å²) in [5.74, 6) is 0.339. The van der Waals surface area contributed by atoms with Crippen LogP contribution in [0.25, 0.3) is 0 Å². The molecule has 0 aliphatic carbocycles. The van der Waals surface area contributed by atoms with E-state index in [1.165, 1.54) is 6.42 Å². The number of benzene rings is 2. The Balaban J connectivity index is 1.51. The molecule has 1 aliphatic heterocycles. The maximum absolute atomic E-state index is 12.2. The summed E-state index contributed by atoms with van der Waals surface area (Å²) in [7, 11) is 0. The first-order valence-electron chi connectivity index (χ1n) is 9.64. The summed E-state index contributed by atoms with van der Waals surface area (Å²) in [4.78, 5) is 26.1. The number of nitrogens with one attached hydrogen (secondary N) is 1. The van der Waals surface area contributed by atoms with Gasteiger partial charge in [0.25, 0.3) is 11.8 Å². The molecule has 1 fully saturated rings. The number of likely N-dealkylation sites (tertiary alicyclic amines) is 1. The molecule has 1 heterocycles. The fourth-order valence-corrected chi connectivity index (χ4v) is 3.16. The second kappa shape index (κ2) is 10.1. The lowest BCUT2D eigenvalue weighted by molar-refractivity contribution is -0.134. The van der Waals surface area contributed by atoms with Gasteiger partial charge in [-0.1, -0.05) is 11.6 Å². The number of amides is 2. The fraction of sp³-hybridized carbons (Fsp3) is 0.318. The van der Waals surface area contributed by atoms with Crippen molar-refractivity contribution in [3.05, 3.63) is 64.7 Å². The standard InChI is InChI=1S/C22H24ClN3O3/c1-16(24-25-22(28)18-5-9-19(23)10-6-18)17-7-11-20(12-8-17)29-15-21(27)26-13-3-2-4-14-26/h5-12H,2-4,13-15H2,1H3,(H,25,28)/b24-16-. The number of hydrazone groups is 1. The Hall–Kier alpha value is -2.86. The van der Waals surface area contributed by atoms with Crippen LogP contribution in [0.3, 0.4) is 0 Å². The molecule has 2 aromatic rings. The molecule has 0 spiro atoms. The van der Waals surface area contributed by atoms with E-state index in [9.17, 15) is 9.59 Å². The summed E-state index contributed by atoms with van der Waals surface area (Å²) in [6.45, 7) is 3.48. The molecule has 0 radical (unpaired) electrons. The van der Waals surface area contributed by atoms with E-state index < -0.39 is 0 Å². The van der Waals surface area contributed by atoms with Crippen LogP contribution in [0.15, 0.2) is 53.6 Å². The summed E-state index contributed by atoms with van der Waals surface area (Å²) in [6.07, 6.45) is 3.31. The third-order valence-electron chi connectivity index (χ3n) is 4.77. The number of rotatable bonds is 6. The lowest BCUT2D eigenvalue weighted by Gasteiger charge is -2.26. The summed E-state index contributed by atoms with van der Waals surface area (Å²) in [5.41, 5.74) is 4.51. The van der Waals surface area contributed by atoms with Gasteiger partial charge in [-0.25, -0.2) is 5.43 Å². The molecule has 2 amide bonds. The third kappa shape index (κ3) is 6.06. The van der Waals surface area contributed by atoms with E-state index in [-0.39, 0.29) is 18.4 Å². The lowest BCUT2D eigenvalue weighted by atomic mass is 10.1. The van der Waals surface area contributed by atoms with Gasteiger partial charge in [-0.15, -0.1) is 0 Å². The molecule has 1 N–H and O–H groups in total. The van der Waals surface area contributed by atoms with Gasteiger partial charge in [-0.05, 0) is 80.3 Å². The van der Waals surface area contributed by atoms with Crippen molar-refractivity contribution < 1.29 is 14.3 Å². The molecular formula is C22H24ClN3O3. The molecule has 0 saturated carbocycles. The topological polar surface area (TPSA) is 71.0 Å². The number of hydrogen-bond donors (Lipinski definition) is 1. The Labute approximate surface area is 175 Å². The molecular weight excluding hydrogens is 390 g/mol. The Kier molecular flexibility index (Phi) is 7.25. The molecule has 0 bridgehead atoms. The van der Waals surface area contributed by atoms with Crippen LogP contribution in [0.5, 0.6) is 5.75 Å². The van der Waals surface area contributed by atoms with E-state index >= 15 is 0 Å². The van der Waals surface area contributed by atoms with Crippen LogP contribution >= 0.6 is 11.6 Å². The number of nitrogens with zero attached hydrogens (tertiary/aromatic N) is 2. The summed E-state index contributed by atoms with van der Waals surface area (Å²) < 4.78 is 5.61. The van der Waals surface area contributed by atoms with Gasteiger partial charge in [0.15, 0.2) is 6.61 Å². The lowest BCUT2D eigenvalue weighted by Crippen LogP contribution is -2.38.